The lowest BCUT2D eigenvalue weighted by atomic mass is 10.4. The summed E-state index contributed by atoms with van der Waals surface area (Å²) in [4.78, 5) is 0.828. The number of rotatable bonds is 3. The lowest BCUT2D eigenvalue weighted by Crippen LogP contribution is -2.23. The second-order valence-electron chi connectivity index (χ2n) is 2.52. The molecular weight excluding hydrogens is 274 g/mol. The van der Waals surface area contributed by atoms with Gasteiger partial charge in [-0.25, -0.2) is 13.1 Å². The Morgan fingerprint density at radius 1 is 1.62 bits per heavy atom. The molecule has 1 aromatic heterocycles. The second kappa shape index (κ2) is 4.08. The van der Waals surface area contributed by atoms with E-state index in [1.165, 1.54) is 18.4 Å². The minimum atomic E-state index is -3.21. The van der Waals surface area contributed by atoms with Crippen LogP contribution in [0.25, 0.3) is 0 Å². The summed E-state index contributed by atoms with van der Waals surface area (Å²) in [7, 11) is -1.79. The van der Waals surface area contributed by atoms with Gasteiger partial charge in [-0.1, -0.05) is 0 Å². The van der Waals surface area contributed by atoms with Crippen molar-refractivity contribution in [3.8, 4) is 0 Å². The molecule has 0 aliphatic heterocycles. The molecule has 1 heterocycles. The molecule has 0 bridgehead atoms. The molecule has 1 rings (SSSR count). The molecule has 0 amide bonds. The van der Waals surface area contributed by atoms with Crippen LogP contribution in [0.2, 0.25) is 0 Å². The van der Waals surface area contributed by atoms with E-state index in [0.29, 0.717) is 0 Å². The third-order valence-electron chi connectivity index (χ3n) is 1.76. The Labute approximate surface area is 90.3 Å². The monoisotopic (exact) mass is 283 g/mol. The normalized spacial score (nSPS) is 14.4. The minimum Gasteiger partial charge on any atom is -0.218 e. The molecule has 0 aliphatic rings. The van der Waals surface area contributed by atoms with Gasteiger partial charge in [-0.3, -0.25) is 0 Å². The van der Waals surface area contributed by atoms with Crippen molar-refractivity contribution in [1.82, 2.24) is 4.72 Å². The average Bonchev–Trinajstić information content (AvgIpc) is 2.50. The predicted octanol–water partition coefficient (Wildman–Crippen LogP) is 2.12. The van der Waals surface area contributed by atoms with E-state index in [4.69, 9.17) is 0 Å². The molecule has 6 heteroatoms. The number of halogens is 1. The molecule has 1 N–H and O–H groups in total. The fraction of sp³-hybridized carbons (Fsp3) is 0.429. The van der Waals surface area contributed by atoms with Crippen LogP contribution in [0, 0.1) is 0 Å². The van der Waals surface area contributed by atoms with Gasteiger partial charge in [0.2, 0.25) is 10.0 Å². The first kappa shape index (κ1) is 11.2. The standard InChI is InChI=1S/C7H10BrNO2S2/c1-5(13(10,11)9-2)7-6(8)3-4-12-7/h3-5,9H,1-2H3. The fourth-order valence-electron chi connectivity index (χ4n) is 0.913. The van der Waals surface area contributed by atoms with Crippen LogP contribution in [0.15, 0.2) is 15.9 Å². The highest BCUT2D eigenvalue weighted by Crippen LogP contribution is 2.32. The van der Waals surface area contributed by atoms with Crippen molar-refractivity contribution < 1.29 is 8.42 Å². The topological polar surface area (TPSA) is 46.2 Å². The van der Waals surface area contributed by atoms with E-state index in [9.17, 15) is 8.42 Å². The molecule has 1 aromatic rings. The Balaban J connectivity index is 3.05. The number of thiophene rings is 1. The molecular formula is C7H10BrNO2S2. The zero-order chi connectivity index (χ0) is 10.1. The third-order valence-corrected chi connectivity index (χ3v) is 5.70. The molecule has 0 spiro atoms. The van der Waals surface area contributed by atoms with Crippen LogP contribution < -0.4 is 4.72 Å². The lowest BCUT2D eigenvalue weighted by Gasteiger charge is -2.10. The number of hydrogen-bond acceptors (Lipinski definition) is 3. The Bertz CT molecular complexity index is 385. The molecule has 1 atom stereocenters. The summed E-state index contributed by atoms with van der Waals surface area (Å²) in [6.45, 7) is 1.67. The lowest BCUT2D eigenvalue weighted by molar-refractivity contribution is 0.578. The minimum absolute atomic E-state index is 0.508. The number of hydrogen-bond donors (Lipinski definition) is 1. The predicted molar refractivity (Wildman–Crippen MR) is 58.4 cm³/mol. The van der Waals surface area contributed by atoms with Gasteiger partial charge in [0.25, 0.3) is 0 Å². The highest BCUT2D eigenvalue weighted by atomic mass is 79.9. The van der Waals surface area contributed by atoms with E-state index >= 15 is 0 Å². The van der Waals surface area contributed by atoms with E-state index < -0.39 is 15.3 Å². The summed E-state index contributed by atoms with van der Waals surface area (Å²) in [5.74, 6) is 0. The van der Waals surface area contributed by atoms with Crippen molar-refractivity contribution in [3.05, 3.63) is 20.8 Å². The van der Waals surface area contributed by atoms with Crippen molar-refractivity contribution >= 4 is 37.3 Å². The van der Waals surface area contributed by atoms with Crippen LogP contribution in [0.4, 0.5) is 0 Å². The summed E-state index contributed by atoms with van der Waals surface area (Å²) in [5, 5.41) is 1.35. The Morgan fingerprint density at radius 2 is 2.23 bits per heavy atom. The molecule has 0 fully saturated rings. The van der Waals surface area contributed by atoms with Crippen molar-refractivity contribution in [2.45, 2.75) is 12.2 Å². The van der Waals surface area contributed by atoms with E-state index in [-0.39, 0.29) is 0 Å². The van der Waals surface area contributed by atoms with Crippen LogP contribution in [-0.2, 0) is 10.0 Å². The Kier molecular flexibility index (Phi) is 3.50. The fourth-order valence-corrected chi connectivity index (χ4v) is 4.03. The van der Waals surface area contributed by atoms with E-state index in [2.05, 4.69) is 20.7 Å². The van der Waals surface area contributed by atoms with Crippen molar-refractivity contribution in [1.29, 1.82) is 0 Å². The zero-order valence-electron chi connectivity index (χ0n) is 7.24. The van der Waals surface area contributed by atoms with Crippen LogP contribution in [-0.4, -0.2) is 15.5 Å². The van der Waals surface area contributed by atoms with Crippen LogP contribution in [0.5, 0.6) is 0 Å². The molecule has 0 aliphatic carbocycles. The number of sulfonamides is 1. The van der Waals surface area contributed by atoms with Gasteiger partial charge >= 0.3 is 0 Å². The first-order valence-corrected chi connectivity index (χ1v) is 6.86. The SMILES string of the molecule is CNS(=O)(=O)C(C)c1sccc1Br. The maximum absolute atomic E-state index is 11.4. The van der Waals surface area contributed by atoms with Gasteiger partial charge in [-0.15, -0.1) is 11.3 Å². The number of nitrogens with one attached hydrogen (secondary N) is 1. The van der Waals surface area contributed by atoms with Crippen LogP contribution >= 0.6 is 27.3 Å². The van der Waals surface area contributed by atoms with Crippen LogP contribution in [0.1, 0.15) is 17.1 Å². The van der Waals surface area contributed by atoms with Gasteiger partial charge in [-0.05, 0) is 41.3 Å². The van der Waals surface area contributed by atoms with Crippen molar-refractivity contribution in [3.63, 3.8) is 0 Å². The molecule has 3 nitrogen and oxygen atoms in total. The summed E-state index contributed by atoms with van der Waals surface area (Å²) in [6.07, 6.45) is 0. The highest BCUT2D eigenvalue weighted by Gasteiger charge is 2.23. The van der Waals surface area contributed by atoms with Crippen LogP contribution in [0.3, 0.4) is 0 Å². The van der Waals surface area contributed by atoms with Gasteiger partial charge < -0.3 is 0 Å². The maximum atomic E-state index is 11.4. The van der Waals surface area contributed by atoms with E-state index in [0.717, 1.165) is 9.35 Å². The summed E-state index contributed by atoms with van der Waals surface area (Å²) in [5.41, 5.74) is 0. The molecule has 0 saturated carbocycles. The van der Waals surface area contributed by atoms with E-state index in [1.807, 2.05) is 11.4 Å². The summed E-state index contributed by atoms with van der Waals surface area (Å²) < 4.78 is 26.0. The smallest absolute Gasteiger partial charge is 0.218 e. The van der Waals surface area contributed by atoms with Gasteiger partial charge in [-0.2, -0.15) is 0 Å². The summed E-state index contributed by atoms with van der Waals surface area (Å²) >= 11 is 4.74. The van der Waals surface area contributed by atoms with Crippen molar-refractivity contribution in [2.24, 2.45) is 0 Å². The third kappa shape index (κ3) is 2.31. The maximum Gasteiger partial charge on any atom is 0.218 e. The summed E-state index contributed by atoms with van der Waals surface area (Å²) in [6, 6.07) is 1.85. The van der Waals surface area contributed by atoms with Gasteiger partial charge in [0.05, 0.1) is 0 Å². The highest BCUT2D eigenvalue weighted by molar-refractivity contribution is 9.10. The van der Waals surface area contributed by atoms with Gasteiger partial charge in [0, 0.05) is 9.35 Å². The molecule has 0 aromatic carbocycles. The van der Waals surface area contributed by atoms with Gasteiger partial charge in [0.15, 0.2) is 0 Å². The molecule has 74 valence electrons. The van der Waals surface area contributed by atoms with Gasteiger partial charge in [0.1, 0.15) is 5.25 Å². The molecule has 0 saturated heterocycles. The second-order valence-corrected chi connectivity index (χ2v) is 6.53. The zero-order valence-corrected chi connectivity index (χ0v) is 10.5. The first-order valence-electron chi connectivity index (χ1n) is 3.64. The first-order chi connectivity index (χ1) is 5.99. The Morgan fingerprint density at radius 3 is 2.62 bits per heavy atom. The molecule has 13 heavy (non-hydrogen) atoms. The van der Waals surface area contributed by atoms with E-state index in [1.54, 1.807) is 6.92 Å². The average molecular weight is 284 g/mol. The molecule has 0 radical (unpaired) electrons. The quantitative estimate of drug-likeness (QED) is 0.924. The largest absolute Gasteiger partial charge is 0.218 e. The Hall–Kier alpha value is 0.0900. The van der Waals surface area contributed by atoms with Crippen molar-refractivity contribution in [2.75, 3.05) is 7.05 Å². The molecule has 1 unspecified atom stereocenters.